The van der Waals surface area contributed by atoms with Crippen LogP contribution < -0.4 is 0 Å². The molecule has 1 aromatic rings. The fourth-order valence-electron chi connectivity index (χ4n) is 4.92. The highest BCUT2D eigenvalue weighted by Crippen LogP contribution is 2.32. The molecule has 1 amide bonds. The number of hydrogen-bond acceptors (Lipinski definition) is 6. The Morgan fingerprint density at radius 2 is 1.69 bits per heavy atom. The highest BCUT2D eigenvalue weighted by atomic mass is 32.2. The van der Waals surface area contributed by atoms with Gasteiger partial charge in [-0.15, -0.1) is 10.2 Å². The Morgan fingerprint density at radius 3 is 2.45 bits per heavy atom. The summed E-state index contributed by atoms with van der Waals surface area (Å²) < 4.78 is 2.16. The normalized spacial score (nSPS) is 24.3. The third kappa shape index (κ3) is 5.33. The highest BCUT2D eigenvalue weighted by molar-refractivity contribution is 7.99. The monoisotopic (exact) mass is 420 g/mol. The zero-order valence-corrected chi connectivity index (χ0v) is 18.7. The summed E-state index contributed by atoms with van der Waals surface area (Å²) in [6.07, 6.45) is 9.69. The van der Waals surface area contributed by atoms with Crippen molar-refractivity contribution in [2.24, 2.45) is 7.05 Å². The Bertz CT molecular complexity index is 666. The molecule has 1 atom stereocenters. The van der Waals surface area contributed by atoms with E-state index in [1.165, 1.54) is 38.8 Å². The van der Waals surface area contributed by atoms with E-state index in [1.54, 1.807) is 0 Å². The number of rotatable bonds is 7. The Kier molecular flexibility index (Phi) is 7.48. The minimum atomic E-state index is 0.219. The Hall–Kier alpha value is -1.12. The number of nitrogens with zero attached hydrogens (tertiary/aromatic N) is 6. The Morgan fingerprint density at radius 1 is 0.966 bits per heavy atom. The maximum absolute atomic E-state index is 12.9. The average Bonchev–Trinajstić information content (AvgIpc) is 3.41. The summed E-state index contributed by atoms with van der Waals surface area (Å²) in [6, 6.07) is 0.219. The standard InChI is InChI=1S/C21H36N6OS/c1-24-20(22-23-21(24)29-16-15-25-10-6-7-11-25)18-9-8-14-27(18)17-19(28)26-12-4-2-3-5-13-26/h18H,2-17H2,1H3/t18-/m0/s1. The topological polar surface area (TPSA) is 57.5 Å². The lowest BCUT2D eigenvalue weighted by atomic mass is 10.2. The van der Waals surface area contributed by atoms with Crippen molar-refractivity contribution in [2.75, 3.05) is 51.6 Å². The van der Waals surface area contributed by atoms with Crippen molar-refractivity contribution in [3.8, 4) is 0 Å². The number of aromatic nitrogens is 3. The first-order valence-corrected chi connectivity index (χ1v) is 12.5. The molecule has 3 aliphatic heterocycles. The maximum Gasteiger partial charge on any atom is 0.236 e. The molecule has 0 N–H and O–H groups in total. The molecular formula is C21H36N6OS. The minimum absolute atomic E-state index is 0.219. The van der Waals surface area contributed by atoms with Gasteiger partial charge in [0.25, 0.3) is 0 Å². The van der Waals surface area contributed by atoms with Crippen LogP contribution in [0.5, 0.6) is 0 Å². The van der Waals surface area contributed by atoms with Crippen LogP contribution in [0.15, 0.2) is 5.16 Å². The molecule has 8 heteroatoms. The van der Waals surface area contributed by atoms with Crippen LogP contribution in [0.1, 0.15) is 63.2 Å². The first-order chi connectivity index (χ1) is 14.2. The Balaban J connectivity index is 1.33. The quantitative estimate of drug-likeness (QED) is 0.632. The first kappa shape index (κ1) is 21.1. The summed E-state index contributed by atoms with van der Waals surface area (Å²) in [6.45, 7) is 6.98. The van der Waals surface area contributed by atoms with Crippen LogP contribution in [0.2, 0.25) is 0 Å². The smallest absolute Gasteiger partial charge is 0.236 e. The third-order valence-electron chi connectivity index (χ3n) is 6.66. The number of likely N-dealkylation sites (tertiary alicyclic amines) is 3. The molecule has 7 nitrogen and oxygen atoms in total. The molecule has 3 fully saturated rings. The molecule has 162 valence electrons. The van der Waals surface area contributed by atoms with E-state index in [0.717, 1.165) is 68.6 Å². The second-order valence-electron chi connectivity index (χ2n) is 8.72. The van der Waals surface area contributed by atoms with Crippen LogP contribution in [0.25, 0.3) is 0 Å². The Labute approximate surface area is 179 Å². The van der Waals surface area contributed by atoms with Crippen molar-refractivity contribution < 1.29 is 4.79 Å². The van der Waals surface area contributed by atoms with Crippen LogP contribution in [0.3, 0.4) is 0 Å². The summed E-state index contributed by atoms with van der Waals surface area (Å²) in [5.41, 5.74) is 0. The zero-order chi connectivity index (χ0) is 20.1. The number of carbonyl (C=O) groups excluding carboxylic acids is 1. The van der Waals surface area contributed by atoms with Crippen molar-refractivity contribution in [3.05, 3.63) is 5.82 Å². The summed E-state index contributed by atoms with van der Waals surface area (Å²) in [7, 11) is 2.08. The molecule has 29 heavy (non-hydrogen) atoms. The van der Waals surface area contributed by atoms with E-state index in [-0.39, 0.29) is 6.04 Å². The molecule has 3 aliphatic rings. The fraction of sp³-hybridized carbons (Fsp3) is 0.857. The molecule has 0 bridgehead atoms. The highest BCUT2D eigenvalue weighted by Gasteiger charge is 2.32. The van der Waals surface area contributed by atoms with Crippen LogP contribution in [0, 0.1) is 0 Å². The van der Waals surface area contributed by atoms with Gasteiger partial charge < -0.3 is 14.4 Å². The fourth-order valence-corrected chi connectivity index (χ4v) is 5.83. The molecule has 0 aliphatic carbocycles. The van der Waals surface area contributed by atoms with Crippen LogP contribution in [-0.4, -0.2) is 86.9 Å². The number of thioether (sulfide) groups is 1. The van der Waals surface area contributed by atoms with Crippen molar-refractivity contribution in [2.45, 2.75) is 62.6 Å². The van der Waals surface area contributed by atoms with Crippen LogP contribution in [0.4, 0.5) is 0 Å². The van der Waals surface area contributed by atoms with E-state index >= 15 is 0 Å². The molecule has 4 heterocycles. The van der Waals surface area contributed by atoms with Gasteiger partial charge in [0.05, 0.1) is 12.6 Å². The largest absolute Gasteiger partial charge is 0.342 e. The lowest BCUT2D eigenvalue weighted by Crippen LogP contribution is -2.41. The average molecular weight is 421 g/mol. The van der Waals surface area contributed by atoms with Gasteiger partial charge in [0, 0.05) is 32.4 Å². The molecule has 0 saturated carbocycles. The van der Waals surface area contributed by atoms with Gasteiger partial charge in [0.15, 0.2) is 11.0 Å². The van der Waals surface area contributed by atoms with Gasteiger partial charge in [0.2, 0.25) is 5.91 Å². The summed E-state index contributed by atoms with van der Waals surface area (Å²) in [4.78, 5) is 19.8. The summed E-state index contributed by atoms with van der Waals surface area (Å²) >= 11 is 1.81. The van der Waals surface area contributed by atoms with Crippen molar-refractivity contribution in [1.82, 2.24) is 29.5 Å². The van der Waals surface area contributed by atoms with Gasteiger partial charge in [-0.3, -0.25) is 9.69 Å². The predicted molar refractivity (Wildman–Crippen MR) is 116 cm³/mol. The van der Waals surface area contributed by atoms with Gasteiger partial charge >= 0.3 is 0 Å². The van der Waals surface area contributed by atoms with Crippen molar-refractivity contribution >= 4 is 17.7 Å². The molecule has 4 rings (SSSR count). The van der Waals surface area contributed by atoms with E-state index in [0.29, 0.717) is 12.5 Å². The van der Waals surface area contributed by atoms with Crippen LogP contribution in [-0.2, 0) is 11.8 Å². The van der Waals surface area contributed by atoms with E-state index in [9.17, 15) is 4.79 Å². The second kappa shape index (κ2) is 10.3. The summed E-state index contributed by atoms with van der Waals surface area (Å²) in [5.74, 6) is 2.38. The minimum Gasteiger partial charge on any atom is -0.342 e. The molecule has 0 spiro atoms. The molecular weight excluding hydrogens is 384 g/mol. The predicted octanol–water partition coefficient (Wildman–Crippen LogP) is 2.54. The lowest BCUT2D eigenvalue weighted by molar-refractivity contribution is -0.132. The van der Waals surface area contributed by atoms with Gasteiger partial charge in [-0.05, 0) is 58.2 Å². The zero-order valence-electron chi connectivity index (χ0n) is 17.9. The third-order valence-corrected chi connectivity index (χ3v) is 7.67. The van der Waals surface area contributed by atoms with E-state index in [2.05, 4.69) is 36.5 Å². The first-order valence-electron chi connectivity index (χ1n) is 11.5. The number of hydrogen-bond donors (Lipinski definition) is 0. The van der Waals surface area contributed by atoms with E-state index < -0.39 is 0 Å². The van der Waals surface area contributed by atoms with Gasteiger partial charge in [0.1, 0.15) is 0 Å². The van der Waals surface area contributed by atoms with E-state index in [4.69, 9.17) is 0 Å². The SMILES string of the molecule is Cn1c(SCCN2CCCC2)nnc1[C@@H]1CCCN1CC(=O)N1CCCCCC1. The van der Waals surface area contributed by atoms with Gasteiger partial charge in [-0.25, -0.2) is 0 Å². The molecule has 1 aromatic heterocycles. The number of amides is 1. The van der Waals surface area contributed by atoms with Crippen molar-refractivity contribution in [3.63, 3.8) is 0 Å². The maximum atomic E-state index is 12.9. The second-order valence-corrected chi connectivity index (χ2v) is 9.78. The summed E-state index contributed by atoms with van der Waals surface area (Å²) in [5, 5.41) is 10.0. The molecule has 0 aromatic carbocycles. The van der Waals surface area contributed by atoms with E-state index in [1.807, 2.05) is 11.8 Å². The number of carbonyl (C=O) groups is 1. The van der Waals surface area contributed by atoms with Crippen LogP contribution >= 0.6 is 11.8 Å². The van der Waals surface area contributed by atoms with Crippen molar-refractivity contribution in [1.29, 1.82) is 0 Å². The molecule has 3 saturated heterocycles. The molecule has 0 radical (unpaired) electrons. The molecule has 0 unspecified atom stereocenters. The van der Waals surface area contributed by atoms with Gasteiger partial charge in [-0.1, -0.05) is 24.6 Å². The lowest BCUT2D eigenvalue weighted by Gasteiger charge is -2.27. The van der Waals surface area contributed by atoms with Gasteiger partial charge in [-0.2, -0.15) is 0 Å².